The van der Waals surface area contributed by atoms with E-state index in [1.807, 2.05) is 13.1 Å². The van der Waals surface area contributed by atoms with Crippen LogP contribution < -0.4 is 5.32 Å². The molecular weight excluding hydrogens is 242 g/mol. The maximum atomic E-state index is 11.8. The monoisotopic (exact) mass is 259 g/mol. The van der Waals surface area contributed by atoms with E-state index in [1.54, 1.807) is 43.4 Å². The Hall–Kier alpha value is -2.21. The first kappa shape index (κ1) is 13.2. The van der Waals surface area contributed by atoms with Gasteiger partial charge in [0.2, 0.25) is 0 Å². The van der Waals surface area contributed by atoms with E-state index in [0.717, 1.165) is 17.8 Å². The lowest BCUT2D eigenvalue weighted by Crippen LogP contribution is -2.22. The van der Waals surface area contributed by atoms with Gasteiger partial charge in [0.25, 0.3) is 5.91 Å². The van der Waals surface area contributed by atoms with E-state index in [4.69, 9.17) is 0 Å². The third-order valence-corrected chi connectivity index (χ3v) is 2.64. The molecule has 0 aliphatic heterocycles. The van der Waals surface area contributed by atoms with Crippen LogP contribution in [0.1, 0.15) is 16.1 Å². The molecule has 0 spiro atoms. The van der Waals surface area contributed by atoms with Crippen molar-refractivity contribution in [2.75, 3.05) is 21.1 Å². The summed E-state index contributed by atoms with van der Waals surface area (Å²) >= 11 is 0. The molecule has 2 rings (SSSR count). The number of amides is 1. The predicted octanol–water partition coefficient (Wildman–Crippen LogP) is 0.688. The van der Waals surface area contributed by atoms with Gasteiger partial charge < -0.3 is 10.2 Å². The van der Waals surface area contributed by atoms with Crippen LogP contribution in [0.2, 0.25) is 0 Å². The molecule has 0 atom stereocenters. The fraction of sp³-hybridized carbons (Fsp3) is 0.308. The fourth-order valence-electron chi connectivity index (χ4n) is 1.71. The van der Waals surface area contributed by atoms with Crippen LogP contribution in [0.3, 0.4) is 0 Å². The highest BCUT2D eigenvalue weighted by atomic mass is 16.2. The molecule has 100 valence electrons. The molecule has 1 amide bonds. The van der Waals surface area contributed by atoms with Crippen LogP contribution in [0, 0.1) is 0 Å². The smallest absolute Gasteiger partial charge is 0.273 e. The van der Waals surface area contributed by atoms with Gasteiger partial charge in [-0.1, -0.05) is 0 Å². The van der Waals surface area contributed by atoms with Crippen LogP contribution in [-0.4, -0.2) is 46.7 Å². The Labute approximate surface area is 112 Å². The third kappa shape index (κ3) is 2.97. The summed E-state index contributed by atoms with van der Waals surface area (Å²) in [6, 6.07) is 3.69. The van der Waals surface area contributed by atoms with Gasteiger partial charge >= 0.3 is 0 Å². The van der Waals surface area contributed by atoms with Gasteiger partial charge in [-0.15, -0.1) is 0 Å². The topological polar surface area (TPSA) is 63.1 Å². The summed E-state index contributed by atoms with van der Waals surface area (Å²) in [5, 5.41) is 7.34. The molecule has 6 heteroatoms. The van der Waals surface area contributed by atoms with Crippen molar-refractivity contribution in [1.29, 1.82) is 0 Å². The lowest BCUT2D eigenvalue weighted by molar-refractivity contribution is 0.0821. The Morgan fingerprint density at radius 1 is 1.42 bits per heavy atom. The highest BCUT2D eigenvalue weighted by molar-refractivity contribution is 5.91. The van der Waals surface area contributed by atoms with Gasteiger partial charge in [0.1, 0.15) is 0 Å². The van der Waals surface area contributed by atoms with Gasteiger partial charge in [-0.3, -0.25) is 9.78 Å². The van der Waals surface area contributed by atoms with Crippen molar-refractivity contribution >= 4 is 5.91 Å². The second-order valence-electron chi connectivity index (χ2n) is 4.43. The van der Waals surface area contributed by atoms with Crippen molar-refractivity contribution in [3.63, 3.8) is 0 Å². The molecule has 0 saturated heterocycles. The van der Waals surface area contributed by atoms with Crippen LogP contribution >= 0.6 is 0 Å². The largest absolute Gasteiger partial charge is 0.343 e. The Bertz CT molecular complexity index is 576. The van der Waals surface area contributed by atoms with Gasteiger partial charge in [0.15, 0.2) is 5.69 Å². The first-order chi connectivity index (χ1) is 9.11. The molecule has 19 heavy (non-hydrogen) atoms. The number of nitrogens with one attached hydrogen (secondary N) is 1. The quantitative estimate of drug-likeness (QED) is 0.877. The molecule has 0 saturated carbocycles. The fourth-order valence-corrected chi connectivity index (χ4v) is 1.71. The summed E-state index contributed by atoms with van der Waals surface area (Å²) in [6.45, 7) is 0.742. The molecule has 0 bridgehead atoms. The van der Waals surface area contributed by atoms with Crippen molar-refractivity contribution < 1.29 is 4.79 Å². The second kappa shape index (κ2) is 5.62. The molecule has 6 nitrogen and oxygen atoms in total. The lowest BCUT2D eigenvalue weighted by Gasteiger charge is -2.07. The van der Waals surface area contributed by atoms with Crippen molar-refractivity contribution in [2.45, 2.75) is 6.54 Å². The van der Waals surface area contributed by atoms with E-state index in [0.29, 0.717) is 5.69 Å². The second-order valence-corrected chi connectivity index (χ2v) is 4.43. The maximum Gasteiger partial charge on any atom is 0.273 e. The van der Waals surface area contributed by atoms with E-state index in [2.05, 4.69) is 15.4 Å². The zero-order chi connectivity index (χ0) is 13.8. The summed E-state index contributed by atoms with van der Waals surface area (Å²) in [5.41, 5.74) is 2.32. The number of hydrogen-bond donors (Lipinski definition) is 1. The maximum absolute atomic E-state index is 11.8. The normalized spacial score (nSPS) is 10.5. The van der Waals surface area contributed by atoms with Crippen molar-refractivity contribution in [3.8, 4) is 5.69 Å². The first-order valence-electron chi connectivity index (χ1n) is 5.98. The predicted molar refractivity (Wildman–Crippen MR) is 72.1 cm³/mol. The van der Waals surface area contributed by atoms with Gasteiger partial charge in [-0.05, 0) is 24.7 Å². The lowest BCUT2D eigenvalue weighted by atomic mass is 10.2. The summed E-state index contributed by atoms with van der Waals surface area (Å²) in [5.74, 6) is -0.113. The minimum absolute atomic E-state index is 0.113. The molecule has 0 aromatic carbocycles. The minimum Gasteiger partial charge on any atom is -0.343 e. The number of carbonyl (C=O) groups excluding carboxylic acids is 1. The summed E-state index contributed by atoms with van der Waals surface area (Å²) < 4.78 is 1.66. The Kier molecular flexibility index (Phi) is 3.91. The van der Waals surface area contributed by atoms with Gasteiger partial charge in [-0.2, -0.15) is 5.10 Å². The Morgan fingerprint density at radius 2 is 2.21 bits per heavy atom. The number of carbonyl (C=O) groups is 1. The van der Waals surface area contributed by atoms with Crippen molar-refractivity contribution in [3.05, 3.63) is 42.0 Å². The van der Waals surface area contributed by atoms with E-state index < -0.39 is 0 Å². The van der Waals surface area contributed by atoms with Gasteiger partial charge in [-0.25, -0.2) is 4.68 Å². The summed E-state index contributed by atoms with van der Waals surface area (Å²) in [4.78, 5) is 17.5. The first-order valence-corrected chi connectivity index (χ1v) is 5.98. The molecule has 0 aliphatic carbocycles. The van der Waals surface area contributed by atoms with Crippen LogP contribution in [0.5, 0.6) is 0 Å². The summed E-state index contributed by atoms with van der Waals surface area (Å²) in [7, 11) is 5.29. The SMILES string of the molecule is CNCc1cncc(-n2ccc(C(=O)N(C)C)n2)c1. The highest BCUT2D eigenvalue weighted by Gasteiger charge is 2.12. The standard InChI is InChI=1S/C13H17N5O/c1-14-7-10-6-11(9-15-8-10)18-5-4-12(16-18)13(19)17(2)3/h4-6,8-9,14H,7H2,1-3H3. The van der Waals surface area contributed by atoms with Crippen LogP contribution in [0.4, 0.5) is 0 Å². The number of pyridine rings is 1. The van der Waals surface area contributed by atoms with Crippen LogP contribution in [0.25, 0.3) is 5.69 Å². The number of hydrogen-bond acceptors (Lipinski definition) is 4. The summed E-state index contributed by atoms with van der Waals surface area (Å²) in [6.07, 6.45) is 5.28. The average molecular weight is 259 g/mol. The van der Waals surface area contributed by atoms with Crippen molar-refractivity contribution in [1.82, 2.24) is 25.0 Å². The minimum atomic E-state index is -0.113. The molecule has 0 aliphatic rings. The van der Waals surface area contributed by atoms with Crippen molar-refractivity contribution in [2.24, 2.45) is 0 Å². The zero-order valence-electron chi connectivity index (χ0n) is 11.3. The Morgan fingerprint density at radius 3 is 2.89 bits per heavy atom. The molecule has 2 aromatic heterocycles. The molecule has 2 heterocycles. The molecule has 0 unspecified atom stereocenters. The van der Waals surface area contributed by atoms with E-state index in [1.165, 1.54) is 4.90 Å². The third-order valence-electron chi connectivity index (χ3n) is 2.64. The molecule has 2 aromatic rings. The Balaban J connectivity index is 2.27. The average Bonchev–Trinajstić information content (AvgIpc) is 2.88. The van der Waals surface area contributed by atoms with Gasteiger partial charge in [0.05, 0.1) is 11.9 Å². The van der Waals surface area contributed by atoms with E-state index in [-0.39, 0.29) is 5.91 Å². The highest BCUT2D eigenvalue weighted by Crippen LogP contribution is 2.09. The zero-order valence-corrected chi connectivity index (χ0v) is 11.3. The number of aromatic nitrogens is 3. The van der Waals surface area contributed by atoms with Crippen LogP contribution in [0.15, 0.2) is 30.7 Å². The molecular formula is C13H17N5O. The van der Waals surface area contributed by atoms with Crippen LogP contribution in [-0.2, 0) is 6.54 Å². The number of rotatable bonds is 4. The van der Waals surface area contributed by atoms with E-state index in [9.17, 15) is 4.79 Å². The molecule has 0 radical (unpaired) electrons. The molecule has 1 N–H and O–H groups in total. The van der Waals surface area contributed by atoms with Gasteiger partial charge in [0, 0.05) is 33.0 Å². The molecule has 0 fully saturated rings. The van der Waals surface area contributed by atoms with E-state index >= 15 is 0 Å². The number of nitrogens with zero attached hydrogens (tertiary/aromatic N) is 4.